The maximum atomic E-state index is 4.12. The Morgan fingerprint density at radius 2 is 1.31 bits per heavy atom. The monoisotopic (exact) mass is 217 g/mol. The van der Waals surface area contributed by atoms with Crippen molar-refractivity contribution in [2.45, 2.75) is 57.0 Å². The van der Waals surface area contributed by atoms with E-state index in [9.17, 15) is 0 Å². The number of hydrogen-bond acceptors (Lipinski definition) is 1. The van der Waals surface area contributed by atoms with Gasteiger partial charge in [0, 0.05) is 12.1 Å². The lowest BCUT2D eigenvalue weighted by Gasteiger charge is -2.20. The average molecular weight is 217 g/mol. The molecule has 0 aliphatic heterocycles. The highest BCUT2D eigenvalue weighted by Crippen LogP contribution is 2.66. The van der Waals surface area contributed by atoms with Crippen molar-refractivity contribution in [3.63, 3.8) is 0 Å². The largest absolute Gasteiger partial charge is 0.310 e. The quantitative estimate of drug-likeness (QED) is 0.763. The van der Waals surface area contributed by atoms with Crippen LogP contribution in [-0.4, -0.2) is 12.1 Å². The van der Waals surface area contributed by atoms with Crippen LogP contribution in [0.2, 0.25) is 0 Å². The highest BCUT2D eigenvalue weighted by atomic mass is 15.1. The number of hydrogen-bond donors (Lipinski definition) is 1. The number of rotatable bonds is 4. The van der Waals surface area contributed by atoms with E-state index in [0.29, 0.717) is 0 Å². The third-order valence-corrected chi connectivity index (χ3v) is 6.38. The van der Waals surface area contributed by atoms with Gasteiger partial charge in [0.2, 0.25) is 0 Å². The van der Waals surface area contributed by atoms with Gasteiger partial charge in [-0.1, -0.05) is 0 Å². The topological polar surface area (TPSA) is 12.0 Å². The van der Waals surface area contributed by atoms with Gasteiger partial charge in [-0.3, -0.25) is 0 Å². The van der Waals surface area contributed by atoms with Crippen LogP contribution in [0.3, 0.4) is 0 Å². The summed E-state index contributed by atoms with van der Waals surface area (Å²) >= 11 is 0. The zero-order chi connectivity index (χ0) is 10.3. The van der Waals surface area contributed by atoms with Crippen molar-refractivity contribution in [1.82, 2.24) is 5.32 Å². The highest BCUT2D eigenvalue weighted by Gasteiger charge is 2.65. The average Bonchev–Trinajstić information content (AvgIpc) is 3.16. The molecule has 5 aliphatic rings. The molecule has 5 fully saturated rings. The van der Waals surface area contributed by atoms with Crippen molar-refractivity contribution in [3.05, 3.63) is 0 Å². The fourth-order valence-electron chi connectivity index (χ4n) is 5.34. The number of fused-ring (bicyclic) bond motifs is 5. The molecule has 0 heterocycles. The SMILES string of the molecule is C1CC1C(NC1C2C3CCC(C3)C12)C1CC1. The molecule has 16 heavy (non-hydrogen) atoms. The fourth-order valence-corrected chi connectivity index (χ4v) is 5.34. The van der Waals surface area contributed by atoms with Crippen molar-refractivity contribution < 1.29 is 0 Å². The lowest BCUT2D eigenvalue weighted by atomic mass is 10.0. The Morgan fingerprint density at radius 1 is 0.750 bits per heavy atom. The first-order chi connectivity index (χ1) is 7.92. The Balaban J connectivity index is 1.30. The van der Waals surface area contributed by atoms with Gasteiger partial charge < -0.3 is 5.32 Å². The van der Waals surface area contributed by atoms with Crippen LogP contribution in [0.15, 0.2) is 0 Å². The molecule has 5 aliphatic carbocycles. The van der Waals surface area contributed by atoms with E-state index in [1.54, 1.807) is 19.3 Å². The van der Waals surface area contributed by atoms with Crippen LogP contribution < -0.4 is 5.32 Å². The summed E-state index contributed by atoms with van der Waals surface area (Å²) in [6, 6.07) is 1.94. The molecule has 1 nitrogen and oxygen atoms in total. The Bertz CT molecular complexity index is 289. The number of nitrogens with one attached hydrogen (secondary N) is 1. The molecule has 0 aromatic carbocycles. The minimum Gasteiger partial charge on any atom is -0.310 e. The standard InChI is InChI=1S/C15H23N/c1-2-8(1)14(9-3-4-9)16-15-12-10-5-6-11(7-10)13(12)15/h8-16H,1-7H2. The van der Waals surface area contributed by atoms with E-state index >= 15 is 0 Å². The Labute approximate surface area is 98.4 Å². The van der Waals surface area contributed by atoms with Gasteiger partial charge in [-0.2, -0.15) is 0 Å². The minimum atomic E-state index is 0.954. The van der Waals surface area contributed by atoms with Crippen LogP contribution in [0.1, 0.15) is 44.9 Å². The molecule has 0 aromatic rings. The van der Waals surface area contributed by atoms with Gasteiger partial charge in [-0.05, 0) is 80.5 Å². The zero-order valence-electron chi connectivity index (χ0n) is 10.1. The molecule has 5 saturated carbocycles. The normalized spacial score (nSPS) is 53.4. The summed E-state index contributed by atoms with van der Waals surface area (Å²) in [5.41, 5.74) is 0. The maximum absolute atomic E-state index is 4.12. The molecule has 0 aromatic heterocycles. The van der Waals surface area contributed by atoms with Crippen molar-refractivity contribution in [1.29, 1.82) is 0 Å². The summed E-state index contributed by atoms with van der Waals surface area (Å²) in [4.78, 5) is 0. The molecule has 0 spiro atoms. The first kappa shape index (κ1) is 8.97. The lowest BCUT2D eigenvalue weighted by molar-refractivity contribution is 0.365. The Hall–Kier alpha value is -0.0400. The lowest BCUT2D eigenvalue weighted by Crippen LogP contribution is -2.37. The van der Waals surface area contributed by atoms with E-state index < -0.39 is 0 Å². The van der Waals surface area contributed by atoms with E-state index in [1.807, 2.05) is 0 Å². The van der Waals surface area contributed by atoms with Gasteiger partial charge in [0.05, 0.1) is 0 Å². The molecule has 0 amide bonds. The van der Waals surface area contributed by atoms with Crippen molar-refractivity contribution >= 4 is 0 Å². The first-order valence-electron chi connectivity index (χ1n) is 7.68. The molecular formula is C15H23N. The van der Waals surface area contributed by atoms with Crippen LogP contribution in [0, 0.1) is 35.5 Å². The van der Waals surface area contributed by atoms with Crippen molar-refractivity contribution in [2.24, 2.45) is 35.5 Å². The molecule has 1 N–H and O–H groups in total. The predicted octanol–water partition coefficient (Wildman–Crippen LogP) is 2.81. The Kier molecular flexibility index (Phi) is 1.60. The molecule has 0 radical (unpaired) electrons. The molecule has 4 atom stereocenters. The summed E-state index contributed by atoms with van der Waals surface area (Å²) in [5, 5.41) is 4.12. The summed E-state index contributed by atoms with van der Waals surface area (Å²) in [6.45, 7) is 0. The fraction of sp³-hybridized carbons (Fsp3) is 1.00. The molecule has 2 bridgehead atoms. The molecular weight excluding hydrogens is 194 g/mol. The Morgan fingerprint density at radius 3 is 1.81 bits per heavy atom. The van der Waals surface area contributed by atoms with Gasteiger partial charge in [0.25, 0.3) is 0 Å². The van der Waals surface area contributed by atoms with E-state index in [0.717, 1.165) is 47.6 Å². The van der Waals surface area contributed by atoms with Crippen molar-refractivity contribution in [3.8, 4) is 0 Å². The second kappa shape index (κ2) is 2.85. The summed E-state index contributed by atoms with van der Waals surface area (Å²) in [6.07, 6.45) is 10.9. The molecule has 5 rings (SSSR count). The zero-order valence-corrected chi connectivity index (χ0v) is 10.1. The third-order valence-electron chi connectivity index (χ3n) is 6.38. The first-order valence-corrected chi connectivity index (χ1v) is 7.68. The van der Waals surface area contributed by atoms with Crippen molar-refractivity contribution in [2.75, 3.05) is 0 Å². The molecule has 88 valence electrons. The summed E-state index contributed by atoms with van der Waals surface area (Å²) < 4.78 is 0. The maximum Gasteiger partial charge on any atom is 0.0138 e. The van der Waals surface area contributed by atoms with Crippen LogP contribution in [0.4, 0.5) is 0 Å². The van der Waals surface area contributed by atoms with E-state index in [2.05, 4.69) is 5.32 Å². The second-order valence-electron chi connectivity index (χ2n) is 7.38. The van der Waals surface area contributed by atoms with Crippen LogP contribution in [0.25, 0.3) is 0 Å². The van der Waals surface area contributed by atoms with Gasteiger partial charge >= 0.3 is 0 Å². The second-order valence-corrected chi connectivity index (χ2v) is 7.38. The van der Waals surface area contributed by atoms with Gasteiger partial charge in [-0.25, -0.2) is 0 Å². The molecule has 0 saturated heterocycles. The summed E-state index contributed by atoms with van der Waals surface area (Å²) in [7, 11) is 0. The van der Waals surface area contributed by atoms with Gasteiger partial charge in [-0.15, -0.1) is 0 Å². The van der Waals surface area contributed by atoms with Crippen LogP contribution in [0.5, 0.6) is 0 Å². The minimum absolute atomic E-state index is 0.954. The van der Waals surface area contributed by atoms with E-state index in [1.165, 1.54) is 25.7 Å². The van der Waals surface area contributed by atoms with E-state index in [-0.39, 0.29) is 0 Å². The summed E-state index contributed by atoms with van der Waals surface area (Å²) in [5.74, 6) is 6.74. The van der Waals surface area contributed by atoms with Gasteiger partial charge in [0.1, 0.15) is 0 Å². The molecule has 4 unspecified atom stereocenters. The highest BCUT2D eigenvalue weighted by molar-refractivity contribution is 5.18. The molecule has 1 heteroatoms. The third kappa shape index (κ3) is 1.16. The van der Waals surface area contributed by atoms with E-state index in [4.69, 9.17) is 0 Å². The smallest absolute Gasteiger partial charge is 0.0138 e. The predicted molar refractivity (Wildman–Crippen MR) is 64.0 cm³/mol. The van der Waals surface area contributed by atoms with Crippen LogP contribution >= 0.6 is 0 Å². The van der Waals surface area contributed by atoms with Gasteiger partial charge in [0.15, 0.2) is 0 Å². The van der Waals surface area contributed by atoms with Crippen LogP contribution in [-0.2, 0) is 0 Å².